The highest BCUT2D eigenvalue weighted by molar-refractivity contribution is 6.10. The van der Waals surface area contributed by atoms with Crippen molar-refractivity contribution in [1.82, 2.24) is 5.32 Å². The molecule has 0 spiro atoms. The Kier molecular flexibility index (Phi) is 7.03. The number of ether oxygens (including phenoxy) is 2. The second kappa shape index (κ2) is 9.90. The zero-order valence-corrected chi connectivity index (χ0v) is 16.4. The molecule has 148 valence electrons. The molecule has 6 heteroatoms. The van der Waals surface area contributed by atoms with Crippen molar-refractivity contribution in [2.45, 2.75) is 32.8 Å². The van der Waals surface area contributed by atoms with E-state index >= 15 is 0 Å². The quantitative estimate of drug-likeness (QED) is 0.590. The molecule has 1 atom stereocenters. The van der Waals surface area contributed by atoms with Gasteiger partial charge in [-0.25, -0.2) is 4.99 Å². The minimum absolute atomic E-state index is 0.0924. The first-order chi connectivity index (χ1) is 13.7. The topological polar surface area (TPSA) is 71.9 Å². The zero-order chi connectivity index (χ0) is 19.8. The second-order valence-electron chi connectivity index (χ2n) is 6.70. The Balaban J connectivity index is 1.78. The zero-order valence-electron chi connectivity index (χ0n) is 16.4. The number of nitrogens with zero attached hydrogens (tertiary/aromatic N) is 1. The van der Waals surface area contributed by atoms with Gasteiger partial charge in [0, 0.05) is 12.2 Å². The van der Waals surface area contributed by atoms with Crippen LogP contribution in [0.1, 0.15) is 35.7 Å². The van der Waals surface area contributed by atoms with E-state index in [4.69, 9.17) is 9.47 Å². The summed E-state index contributed by atoms with van der Waals surface area (Å²) in [5.41, 5.74) is 2.37. The summed E-state index contributed by atoms with van der Waals surface area (Å²) in [6.45, 7) is 5.71. The number of guanidine groups is 1. The Labute approximate surface area is 166 Å². The first kappa shape index (κ1) is 19.9. The number of hydrogen-bond acceptors (Lipinski definition) is 4. The third-order valence-electron chi connectivity index (χ3n) is 4.43. The summed E-state index contributed by atoms with van der Waals surface area (Å²) in [5.74, 6) is 0.880. The molecule has 1 saturated heterocycles. The van der Waals surface area contributed by atoms with E-state index in [1.807, 2.05) is 56.3 Å². The van der Waals surface area contributed by atoms with Gasteiger partial charge in [0.15, 0.2) is 0 Å². The van der Waals surface area contributed by atoms with Crippen LogP contribution in [0.5, 0.6) is 5.75 Å². The molecule has 1 heterocycles. The van der Waals surface area contributed by atoms with E-state index in [2.05, 4.69) is 15.6 Å². The SMILES string of the molecule is CCOc1ccccc1NC(=NCC1CCCO1)NC(=O)c1cccc(C)c1. The molecule has 0 aromatic heterocycles. The van der Waals surface area contributed by atoms with Crippen LogP contribution in [-0.2, 0) is 4.74 Å². The third kappa shape index (κ3) is 5.57. The number of benzene rings is 2. The highest BCUT2D eigenvalue weighted by Gasteiger charge is 2.16. The molecule has 1 aliphatic heterocycles. The van der Waals surface area contributed by atoms with Gasteiger partial charge in [0.1, 0.15) is 5.75 Å². The van der Waals surface area contributed by atoms with Gasteiger partial charge in [-0.2, -0.15) is 0 Å². The van der Waals surface area contributed by atoms with Crippen LogP contribution in [-0.4, -0.2) is 37.7 Å². The van der Waals surface area contributed by atoms with Crippen molar-refractivity contribution >= 4 is 17.6 Å². The summed E-state index contributed by atoms with van der Waals surface area (Å²) in [7, 11) is 0. The molecule has 0 saturated carbocycles. The highest BCUT2D eigenvalue weighted by Crippen LogP contribution is 2.23. The summed E-state index contributed by atoms with van der Waals surface area (Å²) in [6, 6.07) is 15.0. The number of anilines is 1. The molecule has 3 rings (SSSR count). The molecular weight excluding hydrogens is 354 g/mol. The molecule has 1 amide bonds. The van der Waals surface area contributed by atoms with Crippen LogP contribution < -0.4 is 15.4 Å². The van der Waals surface area contributed by atoms with E-state index in [1.54, 1.807) is 6.07 Å². The molecule has 2 N–H and O–H groups in total. The summed E-state index contributed by atoms with van der Waals surface area (Å²) >= 11 is 0. The van der Waals surface area contributed by atoms with E-state index in [0.717, 1.165) is 30.7 Å². The van der Waals surface area contributed by atoms with Crippen molar-refractivity contribution in [2.24, 2.45) is 4.99 Å². The lowest BCUT2D eigenvalue weighted by atomic mass is 10.1. The fourth-order valence-electron chi connectivity index (χ4n) is 3.04. The number of carbonyl (C=O) groups is 1. The molecule has 2 aromatic carbocycles. The number of nitrogens with one attached hydrogen (secondary N) is 2. The van der Waals surface area contributed by atoms with Crippen molar-refractivity contribution in [1.29, 1.82) is 0 Å². The molecule has 2 aromatic rings. The van der Waals surface area contributed by atoms with Crippen LogP contribution in [0.4, 0.5) is 5.69 Å². The lowest BCUT2D eigenvalue weighted by Gasteiger charge is -2.16. The smallest absolute Gasteiger partial charge is 0.257 e. The summed E-state index contributed by atoms with van der Waals surface area (Å²) in [6.07, 6.45) is 2.12. The van der Waals surface area contributed by atoms with Crippen molar-refractivity contribution in [3.05, 3.63) is 59.7 Å². The van der Waals surface area contributed by atoms with E-state index in [0.29, 0.717) is 30.4 Å². The fourth-order valence-corrected chi connectivity index (χ4v) is 3.04. The van der Waals surface area contributed by atoms with Crippen LogP contribution in [0.15, 0.2) is 53.5 Å². The first-order valence-corrected chi connectivity index (χ1v) is 9.68. The predicted octanol–water partition coefficient (Wildman–Crippen LogP) is 3.77. The number of hydrogen-bond donors (Lipinski definition) is 2. The lowest BCUT2D eigenvalue weighted by molar-refractivity contribution is 0.0975. The van der Waals surface area contributed by atoms with E-state index in [9.17, 15) is 4.79 Å². The van der Waals surface area contributed by atoms with Gasteiger partial charge in [-0.3, -0.25) is 10.1 Å². The average Bonchev–Trinajstić information content (AvgIpc) is 3.21. The highest BCUT2D eigenvalue weighted by atomic mass is 16.5. The Morgan fingerprint density at radius 3 is 2.86 bits per heavy atom. The van der Waals surface area contributed by atoms with Gasteiger partial charge in [-0.05, 0) is 51.0 Å². The number of carbonyl (C=O) groups excluding carboxylic acids is 1. The number of amides is 1. The van der Waals surface area contributed by atoms with Gasteiger partial charge in [0.05, 0.1) is 24.9 Å². The Hall–Kier alpha value is -2.86. The summed E-state index contributed by atoms with van der Waals surface area (Å²) in [5, 5.41) is 6.10. The van der Waals surface area contributed by atoms with Crippen LogP contribution in [0.2, 0.25) is 0 Å². The number of aryl methyl sites for hydroxylation is 1. The normalized spacial score (nSPS) is 16.6. The molecule has 6 nitrogen and oxygen atoms in total. The largest absolute Gasteiger partial charge is 0.492 e. The Morgan fingerprint density at radius 2 is 2.11 bits per heavy atom. The van der Waals surface area contributed by atoms with Gasteiger partial charge < -0.3 is 14.8 Å². The standard InChI is InChI=1S/C22H27N3O3/c1-3-27-20-12-5-4-11-19(20)24-22(23-15-18-10-7-13-28-18)25-21(26)17-9-6-8-16(2)14-17/h4-6,8-9,11-12,14,18H,3,7,10,13,15H2,1-2H3,(H2,23,24,25,26). The van der Waals surface area contributed by atoms with E-state index in [-0.39, 0.29) is 12.0 Å². The minimum atomic E-state index is -0.212. The van der Waals surface area contributed by atoms with E-state index < -0.39 is 0 Å². The Bertz CT molecular complexity index is 829. The number of rotatable bonds is 6. The van der Waals surface area contributed by atoms with E-state index in [1.165, 1.54) is 0 Å². The van der Waals surface area contributed by atoms with Crippen LogP contribution in [0.3, 0.4) is 0 Å². The van der Waals surface area contributed by atoms with Crippen molar-refractivity contribution in [3.8, 4) is 5.75 Å². The van der Waals surface area contributed by atoms with Gasteiger partial charge in [0.2, 0.25) is 5.96 Å². The third-order valence-corrected chi connectivity index (χ3v) is 4.43. The lowest BCUT2D eigenvalue weighted by Crippen LogP contribution is -2.37. The molecule has 28 heavy (non-hydrogen) atoms. The number of para-hydroxylation sites is 2. The van der Waals surface area contributed by atoms with Crippen LogP contribution >= 0.6 is 0 Å². The second-order valence-corrected chi connectivity index (χ2v) is 6.70. The van der Waals surface area contributed by atoms with Crippen LogP contribution in [0.25, 0.3) is 0 Å². The summed E-state index contributed by atoms with van der Waals surface area (Å²) in [4.78, 5) is 17.3. The maximum Gasteiger partial charge on any atom is 0.257 e. The van der Waals surface area contributed by atoms with Gasteiger partial charge in [-0.15, -0.1) is 0 Å². The molecular formula is C22H27N3O3. The monoisotopic (exact) mass is 381 g/mol. The molecule has 1 fully saturated rings. The molecule has 0 radical (unpaired) electrons. The van der Waals surface area contributed by atoms with Crippen LogP contribution in [0, 0.1) is 6.92 Å². The maximum atomic E-state index is 12.7. The number of aliphatic imine (C=N–C) groups is 1. The molecule has 0 aliphatic carbocycles. The van der Waals surface area contributed by atoms with Crippen molar-refractivity contribution in [2.75, 3.05) is 25.1 Å². The first-order valence-electron chi connectivity index (χ1n) is 9.68. The Morgan fingerprint density at radius 1 is 1.25 bits per heavy atom. The molecule has 0 bridgehead atoms. The average molecular weight is 381 g/mol. The van der Waals surface area contributed by atoms with Crippen molar-refractivity contribution < 1.29 is 14.3 Å². The van der Waals surface area contributed by atoms with Crippen molar-refractivity contribution in [3.63, 3.8) is 0 Å². The van der Waals surface area contributed by atoms with Gasteiger partial charge in [-0.1, -0.05) is 29.8 Å². The molecule has 1 unspecified atom stereocenters. The fraction of sp³-hybridized carbons (Fsp3) is 0.364. The predicted molar refractivity (Wildman–Crippen MR) is 111 cm³/mol. The minimum Gasteiger partial charge on any atom is -0.492 e. The van der Waals surface area contributed by atoms with Gasteiger partial charge in [0.25, 0.3) is 5.91 Å². The summed E-state index contributed by atoms with van der Waals surface area (Å²) < 4.78 is 11.3. The maximum absolute atomic E-state index is 12.7. The van der Waals surface area contributed by atoms with Gasteiger partial charge >= 0.3 is 0 Å². The molecule has 1 aliphatic rings.